The van der Waals surface area contributed by atoms with E-state index in [4.69, 9.17) is 9.15 Å². The Hall–Kier alpha value is -3.48. The summed E-state index contributed by atoms with van der Waals surface area (Å²) in [6.07, 6.45) is 1.36. The molecule has 0 N–H and O–H groups in total. The molecule has 7 nitrogen and oxygen atoms in total. The second-order valence-electron chi connectivity index (χ2n) is 6.65. The second-order valence-corrected chi connectivity index (χ2v) is 6.65. The highest BCUT2D eigenvalue weighted by atomic mass is 16.5. The largest absolute Gasteiger partial charge is 0.452 e. The van der Waals surface area contributed by atoms with Gasteiger partial charge in [0.1, 0.15) is 0 Å². The molecule has 1 aliphatic rings. The van der Waals surface area contributed by atoms with Crippen molar-refractivity contribution in [1.82, 2.24) is 10.2 Å². The predicted molar refractivity (Wildman–Crippen MR) is 102 cm³/mol. The molecular formula is C21H19N3O4. The standard InChI is InChI=1S/C21H19N3O4/c1-14-5-2-6-15(11-14)20-23-22-18(28-20)13-27-21(26)16-7-3-8-17(12-16)24-10-4-9-19(24)25/h2-3,5-8,11-12H,4,9-10,13H2,1H3. The zero-order valence-electron chi connectivity index (χ0n) is 15.4. The number of carbonyl (C=O) groups excluding carboxylic acids is 2. The van der Waals surface area contributed by atoms with Crippen LogP contribution in [0.4, 0.5) is 5.69 Å². The molecule has 2 aromatic carbocycles. The van der Waals surface area contributed by atoms with Crippen LogP contribution < -0.4 is 4.90 Å². The molecule has 28 heavy (non-hydrogen) atoms. The highest BCUT2D eigenvalue weighted by Gasteiger charge is 2.22. The Balaban J connectivity index is 1.42. The SMILES string of the molecule is Cc1cccc(-c2nnc(COC(=O)c3cccc(N4CCCC4=O)c3)o2)c1. The maximum atomic E-state index is 12.4. The van der Waals surface area contributed by atoms with Crippen LogP contribution in [0.1, 0.15) is 34.7 Å². The minimum absolute atomic E-state index is 0.0695. The summed E-state index contributed by atoms with van der Waals surface area (Å²) in [6.45, 7) is 2.53. The van der Waals surface area contributed by atoms with E-state index >= 15 is 0 Å². The fourth-order valence-electron chi connectivity index (χ4n) is 3.14. The number of rotatable bonds is 5. The average molecular weight is 377 g/mol. The second kappa shape index (κ2) is 7.64. The first kappa shape index (κ1) is 17.9. The molecule has 7 heteroatoms. The van der Waals surface area contributed by atoms with Crippen LogP contribution in [0, 0.1) is 6.92 Å². The number of esters is 1. The lowest BCUT2D eigenvalue weighted by molar-refractivity contribution is -0.117. The van der Waals surface area contributed by atoms with Crippen molar-refractivity contribution >= 4 is 17.6 Å². The van der Waals surface area contributed by atoms with Crippen molar-refractivity contribution in [2.75, 3.05) is 11.4 Å². The van der Waals surface area contributed by atoms with Gasteiger partial charge in [-0.1, -0.05) is 23.8 Å². The van der Waals surface area contributed by atoms with Gasteiger partial charge in [0.05, 0.1) is 5.56 Å². The van der Waals surface area contributed by atoms with E-state index in [2.05, 4.69) is 10.2 Å². The van der Waals surface area contributed by atoms with Crippen molar-refractivity contribution in [3.63, 3.8) is 0 Å². The smallest absolute Gasteiger partial charge is 0.338 e. The van der Waals surface area contributed by atoms with Gasteiger partial charge in [0.15, 0.2) is 6.61 Å². The summed E-state index contributed by atoms with van der Waals surface area (Å²) in [5, 5.41) is 7.93. The molecule has 4 rings (SSSR count). The summed E-state index contributed by atoms with van der Waals surface area (Å²) in [7, 11) is 0. The lowest BCUT2D eigenvalue weighted by Gasteiger charge is -2.16. The van der Waals surface area contributed by atoms with Crippen molar-refractivity contribution in [1.29, 1.82) is 0 Å². The minimum Gasteiger partial charge on any atom is -0.452 e. The third kappa shape index (κ3) is 3.78. The molecule has 0 spiro atoms. The van der Waals surface area contributed by atoms with E-state index in [9.17, 15) is 9.59 Å². The zero-order valence-corrected chi connectivity index (χ0v) is 15.4. The first-order valence-corrected chi connectivity index (χ1v) is 9.07. The third-order valence-electron chi connectivity index (χ3n) is 4.53. The van der Waals surface area contributed by atoms with Gasteiger partial charge in [-0.3, -0.25) is 4.79 Å². The number of ether oxygens (including phenoxy) is 1. The molecule has 1 aromatic heterocycles. The van der Waals surface area contributed by atoms with E-state index in [1.165, 1.54) is 0 Å². The molecule has 1 aliphatic heterocycles. The quantitative estimate of drug-likeness (QED) is 0.632. The topological polar surface area (TPSA) is 85.5 Å². The number of carbonyl (C=O) groups is 2. The molecule has 0 unspecified atom stereocenters. The lowest BCUT2D eigenvalue weighted by atomic mass is 10.1. The molecule has 1 amide bonds. The molecule has 1 saturated heterocycles. The highest BCUT2D eigenvalue weighted by Crippen LogP contribution is 2.23. The Morgan fingerprint density at radius 1 is 1.18 bits per heavy atom. The molecule has 0 atom stereocenters. The molecular weight excluding hydrogens is 358 g/mol. The monoisotopic (exact) mass is 377 g/mol. The van der Waals surface area contributed by atoms with Gasteiger partial charge in [-0.2, -0.15) is 0 Å². The Labute approximate surface area is 161 Å². The van der Waals surface area contributed by atoms with E-state index in [1.54, 1.807) is 23.1 Å². The molecule has 0 radical (unpaired) electrons. The minimum atomic E-state index is -0.510. The van der Waals surface area contributed by atoms with Crippen molar-refractivity contribution in [3.05, 3.63) is 65.5 Å². The molecule has 1 fully saturated rings. The van der Waals surface area contributed by atoms with Crippen molar-refractivity contribution in [2.45, 2.75) is 26.4 Å². The van der Waals surface area contributed by atoms with Crippen LogP contribution in [0.25, 0.3) is 11.5 Å². The normalized spacial score (nSPS) is 13.8. The van der Waals surface area contributed by atoms with Crippen LogP contribution in [0.15, 0.2) is 52.9 Å². The molecule has 2 heterocycles. The lowest BCUT2D eigenvalue weighted by Crippen LogP contribution is -2.23. The van der Waals surface area contributed by atoms with Crippen molar-refractivity contribution in [2.24, 2.45) is 0 Å². The van der Waals surface area contributed by atoms with Gasteiger partial charge in [-0.05, 0) is 43.7 Å². The number of aromatic nitrogens is 2. The Morgan fingerprint density at radius 3 is 2.82 bits per heavy atom. The summed E-state index contributed by atoms with van der Waals surface area (Å²) < 4.78 is 10.9. The van der Waals surface area contributed by atoms with E-state index in [1.807, 2.05) is 37.3 Å². The maximum absolute atomic E-state index is 12.4. The van der Waals surface area contributed by atoms with Gasteiger partial charge < -0.3 is 14.1 Å². The molecule has 0 bridgehead atoms. The van der Waals surface area contributed by atoms with E-state index in [0.29, 0.717) is 30.1 Å². The average Bonchev–Trinajstić information content (AvgIpc) is 3.35. The fourth-order valence-corrected chi connectivity index (χ4v) is 3.14. The molecule has 0 saturated carbocycles. The van der Waals surface area contributed by atoms with Gasteiger partial charge in [-0.15, -0.1) is 10.2 Å². The predicted octanol–water partition coefficient (Wildman–Crippen LogP) is 3.53. The highest BCUT2D eigenvalue weighted by molar-refractivity contribution is 5.97. The number of hydrogen-bond donors (Lipinski definition) is 0. The summed E-state index contributed by atoms with van der Waals surface area (Å²) in [4.78, 5) is 25.9. The van der Waals surface area contributed by atoms with Crippen LogP contribution in [0.5, 0.6) is 0 Å². The molecule has 142 valence electrons. The summed E-state index contributed by atoms with van der Waals surface area (Å²) in [5.74, 6) is 0.156. The number of benzene rings is 2. The van der Waals surface area contributed by atoms with Crippen LogP contribution in [0.3, 0.4) is 0 Å². The van der Waals surface area contributed by atoms with Crippen LogP contribution >= 0.6 is 0 Å². The molecule has 3 aromatic rings. The van der Waals surface area contributed by atoms with Crippen LogP contribution in [0.2, 0.25) is 0 Å². The Morgan fingerprint density at radius 2 is 2.04 bits per heavy atom. The van der Waals surface area contributed by atoms with Gasteiger partial charge in [-0.25, -0.2) is 4.79 Å². The van der Waals surface area contributed by atoms with Crippen molar-refractivity contribution < 1.29 is 18.7 Å². The number of nitrogens with zero attached hydrogens (tertiary/aromatic N) is 3. The van der Waals surface area contributed by atoms with Gasteiger partial charge in [0.25, 0.3) is 5.89 Å². The maximum Gasteiger partial charge on any atom is 0.338 e. The Kier molecular flexibility index (Phi) is 4.89. The summed E-state index contributed by atoms with van der Waals surface area (Å²) in [6, 6.07) is 14.6. The Bertz CT molecular complexity index is 1030. The molecule has 0 aliphatic carbocycles. The number of hydrogen-bond acceptors (Lipinski definition) is 6. The van der Waals surface area contributed by atoms with Crippen molar-refractivity contribution in [3.8, 4) is 11.5 Å². The number of amides is 1. The fraction of sp³-hybridized carbons (Fsp3) is 0.238. The number of anilines is 1. The third-order valence-corrected chi connectivity index (χ3v) is 4.53. The summed E-state index contributed by atoms with van der Waals surface area (Å²) in [5.41, 5.74) is 2.97. The van der Waals surface area contributed by atoms with E-state index < -0.39 is 5.97 Å². The van der Waals surface area contributed by atoms with Gasteiger partial charge in [0, 0.05) is 24.2 Å². The van der Waals surface area contributed by atoms with E-state index in [-0.39, 0.29) is 18.4 Å². The zero-order chi connectivity index (χ0) is 19.5. The van der Waals surface area contributed by atoms with Crippen LogP contribution in [-0.4, -0.2) is 28.6 Å². The first-order chi connectivity index (χ1) is 13.6. The van der Waals surface area contributed by atoms with E-state index in [0.717, 1.165) is 17.5 Å². The number of aryl methyl sites for hydroxylation is 1. The van der Waals surface area contributed by atoms with Gasteiger partial charge >= 0.3 is 5.97 Å². The summed E-state index contributed by atoms with van der Waals surface area (Å²) >= 11 is 0. The van der Waals surface area contributed by atoms with Gasteiger partial charge in [0.2, 0.25) is 11.8 Å². The van der Waals surface area contributed by atoms with Crippen LogP contribution in [-0.2, 0) is 16.1 Å². The first-order valence-electron chi connectivity index (χ1n) is 9.07.